The zero-order valence-electron chi connectivity index (χ0n) is 12.3. The molecule has 1 aromatic carbocycles. The lowest BCUT2D eigenvalue weighted by molar-refractivity contribution is -0.139. The van der Waals surface area contributed by atoms with E-state index in [1.54, 1.807) is 7.11 Å². The largest absolute Gasteiger partial charge is 0.496 e. The van der Waals surface area contributed by atoms with Gasteiger partial charge in [0, 0.05) is 17.5 Å². The quantitative estimate of drug-likeness (QED) is 0.784. The molecule has 1 heterocycles. The van der Waals surface area contributed by atoms with Crippen molar-refractivity contribution in [3.8, 4) is 5.75 Å². The van der Waals surface area contributed by atoms with Crippen LogP contribution in [0.2, 0.25) is 0 Å². The number of benzene rings is 1. The van der Waals surface area contributed by atoms with Crippen LogP contribution in [0.5, 0.6) is 5.75 Å². The highest BCUT2D eigenvalue weighted by atomic mass is 16.5. The predicted octanol–water partition coefficient (Wildman–Crippen LogP) is 1.85. The molecule has 3 unspecified atom stereocenters. The van der Waals surface area contributed by atoms with Crippen LogP contribution >= 0.6 is 0 Å². The van der Waals surface area contributed by atoms with Gasteiger partial charge >= 0.3 is 5.97 Å². The third-order valence-electron chi connectivity index (χ3n) is 3.91. The fourth-order valence-corrected chi connectivity index (χ4v) is 2.72. The van der Waals surface area contributed by atoms with E-state index < -0.39 is 12.0 Å². The van der Waals surface area contributed by atoms with Gasteiger partial charge in [0.25, 0.3) is 0 Å². The molecular weight excluding hydrogens is 256 g/mol. The Hall–Kier alpha value is -1.59. The molecule has 3 N–H and O–H groups in total. The molecule has 5 heteroatoms. The fourth-order valence-electron chi connectivity index (χ4n) is 2.72. The molecule has 110 valence electrons. The molecule has 1 fully saturated rings. The first-order valence-corrected chi connectivity index (χ1v) is 6.87. The number of hydrazine groups is 1. The summed E-state index contributed by atoms with van der Waals surface area (Å²) >= 11 is 0. The Kier molecular flexibility index (Phi) is 4.30. The van der Waals surface area contributed by atoms with Crippen LogP contribution in [-0.4, -0.2) is 30.3 Å². The first-order chi connectivity index (χ1) is 9.45. The Labute approximate surface area is 119 Å². The van der Waals surface area contributed by atoms with E-state index in [2.05, 4.69) is 24.7 Å². The summed E-state index contributed by atoms with van der Waals surface area (Å²) in [4.78, 5) is 11.4. The van der Waals surface area contributed by atoms with Gasteiger partial charge in [-0.25, -0.2) is 5.43 Å². The number of rotatable bonds is 4. The maximum atomic E-state index is 11.4. The Balaban J connectivity index is 2.42. The second kappa shape index (κ2) is 5.81. The zero-order chi connectivity index (χ0) is 14.9. The predicted molar refractivity (Wildman–Crippen MR) is 77.0 cm³/mol. The highest BCUT2D eigenvalue weighted by Gasteiger charge is 2.40. The van der Waals surface area contributed by atoms with Gasteiger partial charge in [-0.2, -0.15) is 0 Å². The number of hydrogen-bond acceptors (Lipinski definition) is 4. The van der Waals surface area contributed by atoms with Crippen LogP contribution in [0, 0.1) is 0 Å². The second-order valence-electron chi connectivity index (χ2n) is 5.58. The summed E-state index contributed by atoms with van der Waals surface area (Å²) in [6, 6.07) is 5.41. The minimum absolute atomic E-state index is 0.0231. The number of carboxylic acids is 1. The summed E-state index contributed by atoms with van der Waals surface area (Å²) in [7, 11) is 1.62. The first-order valence-electron chi connectivity index (χ1n) is 6.87. The van der Waals surface area contributed by atoms with Gasteiger partial charge in [-0.3, -0.25) is 10.2 Å². The summed E-state index contributed by atoms with van der Waals surface area (Å²) in [5.41, 5.74) is 7.95. The van der Waals surface area contributed by atoms with E-state index in [0.717, 1.165) is 11.3 Å². The number of hydrogen-bond donors (Lipinski definition) is 3. The van der Waals surface area contributed by atoms with Gasteiger partial charge in [0.05, 0.1) is 7.11 Å². The molecule has 1 aliphatic rings. The summed E-state index contributed by atoms with van der Waals surface area (Å²) in [5, 5.41) is 9.33. The van der Waals surface area contributed by atoms with Crippen LogP contribution in [0.1, 0.15) is 43.7 Å². The van der Waals surface area contributed by atoms with Gasteiger partial charge in [0.2, 0.25) is 0 Å². The Morgan fingerprint density at radius 3 is 2.60 bits per heavy atom. The summed E-state index contributed by atoms with van der Waals surface area (Å²) in [5.74, 6) is 0.140. The van der Waals surface area contributed by atoms with Gasteiger partial charge in [-0.15, -0.1) is 0 Å². The molecule has 0 radical (unpaired) electrons. The summed E-state index contributed by atoms with van der Waals surface area (Å²) in [6.45, 7) is 6.21. The van der Waals surface area contributed by atoms with Gasteiger partial charge < -0.3 is 9.84 Å². The van der Waals surface area contributed by atoms with Gasteiger partial charge in [-0.1, -0.05) is 26.0 Å². The number of methoxy groups -OCH3 is 1. The van der Waals surface area contributed by atoms with Gasteiger partial charge in [0.15, 0.2) is 0 Å². The molecule has 2 rings (SSSR count). The van der Waals surface area contributed by atoms with Crippen molar-refractivity contribution >= 4 is 5.97 Å². The van der Waals surface area contributed by atoms with Gasteiger partial charge in [0.1, 0.15) is 11.8 Å². The van der Waals surface area contributed by atoms with E-state index >= 15 is 0 Å². The maximum Gasteiger partial charge on any atom is 0.322 e. The Bertz CT molecular complexity index is 502. The Morgan fingerprint density at radius 2 is 2.05 bits per heavy atom. The van der Waals surface area contributed by atoms with Crippen LogP contribution in [0.3, 0.4) is 0 Å². The standard InChI is InChI=1S/C15H22N2O3/c1-8(2)10-5-6-11(12(7-10)20-4)13-9(3)16-17-14(13)15(18)19/h5-9,13-14,16-17H,1-4H3,(H,18,19). The molecule has 1 aromatic rings. The molecule has 3 atom stereocenters. The molecule has 0 aliphatic carbocycles. The third-order valence-corrected chi connectivity index (χ3v) is 3.91. The lowest BCUT2D eigenvalue weighted by Crippen LogP contribution is -2.38. The van der Waals surface area contributed by atoms with Crippen molar-refractivity contribution in [2.45, 2.75) is 44.7 Å². The zero-order valence-corrected chi connectivity index (χ0v) is 12.3. The average molecular weight is 278 g/mol. The summed E-state index contributed by atoms with van der Waals surface area (Å²) in [6.07, 6.45) is 0. The van der Waals surface area contributed by atoms with E-state index in [9.17, 15) is 9.90 Å². The number of carboxylic acid groups (broad SMARTS) is 1. The molecule has 0 saturated carbocycles. The van der Waals surface area contributed by atoms with Crippen molar-refractivity contribution in [3.05, 3.63) is 29.3 Å². The molecular formula is C15H22N2O3. The van der Waals surface area contributed by atoms with E-state index in [4.69, 9.17) is 4.74 Å². The van der Waals surface area contributed by atoms with Crippen molar-refractivity contribution in [1.82, 2.24) is 10.9 Å². The van der Waals surface area contributed by atoms with Crippen LogP contribution in [0.25, 0.3) is 0 Å². The molecule has 5 nitrogen and oxygen atoms in total. The van der Waals surface area contributed by atoms with E-state index in [1.165, 1.54) is 5.56 Å². The smallest absolute Gasteiger partial charge is 0.322 e. The minimum Gasteiger partial charge on any atom is -0.496 e. The lowest BCUT2D eigenvalue weighted by atomic mass is 9.86. The first kappa shape index (κ1) is 14.8. The topological polar surface area (TPSA) is 70.6 Å². The lowest BCUT2D eigenvalue weighted by Gasteiger charge is -2.22. The highest BCUT2D eigenvalue weighted by molar-refractivity contribution is 5.76. The molecule has 20 heavy (non-hydrogen) atoms. The van der Waals surface area contributed by atoms with Crippen LogP contribution in [-0.2, 0) is 4.79 Å². The second-order valence-corrected chi connectivity index (χ2v) is 5.58. The van der Waals surface area contributed by atoms with Crippen LogP contribution < -0.4 is 15.6 Å². The van der Waals surface area contributed by atoms with E-state index in [-0.39, 0.29) is 12.0 Å². The number of nitrogens with one attached hydrogen (secondary N) is 2. The Morgan fingerprint density at radius 1 is 1.35 bits per heavy atom. The molecule has 1 aliphatic heterocycles. The fraction of sp³-hybridized carbons (Fsp3) is 0.533. The number of ether oxygens (including phenoxy) is 1. The van der Waals surface area contributed by atoms with Crippen molar-refractivity contribution in [1.29, 1.82) is 0 Å². The van der Waals surface area contributed by atoms with Crippen molar-refractivity contribution in [2.75, 3.05) is 7.11 Å². The van der Waals surface area contributed by atoms with Crippen molar-refractivity contribution < 1.29 is 14.6 Å². The average Bonchev–Trinajstić information content (AvgIpc) is 2.79. The molecule has 1 saturated heterocycles. The van der Waals surface area contributed by atoms with Crippen LogP contribution in [0.15, 0.2) is 18.2 Å². The molecule has 0 aromatic heterocycles. The number of aliphatic carboxylic acids is 1. The molecule has 0 spiro atoms. The van der Waals surface area contributed by atoms with Crippen molar-refractivity contribution in [2.24, 2.45) is 0 Å². The maximum absolute atomic E-state index is 11.4. The minimum atomic E-state index is -0.859. The van der Waals surface area contributed by atoms with Crippen molar-refractivity contribution in [3.63, 3.8) is 0 Å². The highest BCUT2D eigenvalue weighted by Crippen LogP contribution is 2.35. The summed E-state index contributed by atoms with van der Waals surface area (Å²) < 4.78 is 5.48. The molecule has 0 bridgehead atoms. The van der Waals surface area contributed by atoms with Gasteiger partial charge in [-0.05, 0) is 24.5 Å². The number of carbonyl (C=O) groups is 1. The van der Waals surface area contributed by atoms with E-state index in [1.807, 2.05) is 25.1 Å². The van der Waals surface area contributed by atoms with E-state index in [0.29, 0.717) is 5.92 Å². The monoisotopic (exact) mass is 278 g/mol. The SMILES string of the molecule is COc1cc(C(C)C)ccc1C1C(C)NNC1C(=O)O. The molecule has 0 amide bonds. The normalized spacial score (nSPS) is 25.9. The third kappa shape index (κ3) is 2.64. The van der Waals surface area contributed by atoms with Crippen LogP contribution in [0.4, 0.5) is 0 Å².